The number of hydrogen-bond acceptors (Lipinski definition) is 11. The first-order chi connectivity index (χ1) is 28.5. The Morgan fingerprint density at radius 3 is 1.60 bits per heavy atom. The molecule has 0 unspecified atom stereocenters. The zero-order valence-corrected chi connectivity index (χ0v) is 37.7. The van der Waals surface area contributed by atoms with Crippen molar-refractivity contribution < 1.29 is 47.5 Å². The Morgan fingerprint density at radius 1 is 0.667 bits per heavy atom. The molecule has 336 valence electrons. The number of nitrogens with zero attached hydrogens (tertiary/aromatic N) is 3. The number of ether oxygens (including phenoxy) is 7. The van der Waals surface area contributed by atoms with Crippen molar-refractivity contribution in [1.82, 2.24) is 20.0 Å². The van der Waals surface area contributed by atoms with Gasteiger partial charge in [-0.05, 0) is 115 Å². The molecule has 2 aromatic rings. The molecule has 2 aliphatic carbocycles. The predicted molar refractivity (Wildman–Crippen MR) is 232 cm³/mol. The van der Waals surface area contributed by atoms with Crippen LogP contribution in [0.4, 0.5) is 4.79 Å². The van der Waals surface area contributed by atoms with Crippen molar-refractivity contribution in [3.8, 4) is 23.0 Å². The van der Waals surface area contributed by atoms with Gasteiger partial charge < -0.3 is 53.2 Å². The minimum atomic E-state index is -0.543. The van der Waals surface area contributed by atoms with Crippen LogP contribution in [-0.2, 0) is 14.2 Å². The number of piperidine rings is 2. The molecule has 1 N–H and O–H groups in total. The van der Waals surface area contributed by atoms with Gasteiger partial charge in [-0.3, -0.25) is 9.59 Å². The van der Waals surface area contributed by atoms with E-state index in [4.69, 9.17) is 33.2 Å². The minimum Gasteiger partial charge on any atom is -0.493 e. The van der Waals surface area contributed by atoms with Gasteiger partial charge in [0.1, 0.15) is 5.60 Å². The van der Waals surface area contributed by atoms with Gasteiger partial charge in [0.2, 0.25) is 0 Å². The van der Waals surface area contributed by atoms with Crippen molar-refractivity contribution >= 4 is 30.3 Å². The Morgan fingerprint density at radius 2 is 1.17 bits per heavy atom. The molecule has 6 rings (SSSR count). The van der Waals surface area contributed by atoms with E-state index in [0.29, 0.717) is 79.7 Å². The molecular formula is C45H69ClN4O10. The summed E-state index contributed by atoms with van der Waals surface area (Å²) in [5.41, 5.74) is 0.697. The maximum absolute atomic E-state index is 13.6. The van der Waals surface area contributed by atoms with E-state index in [1.54, 1.807) is 51.5 Å². The highest BCUT2D eigenvalue weighted by Gasteiger charge is 2.41. The average molecular weight is 862 g/mol. The third-order valence-corrected chi connectivity index (χ3v) is 10.8. The van der Waals surface area contributed by atoms with Crippen LogP contribution in [0.1, 0.15) is 106 Å². The van der Waals surface area contributed by atoms with Crippen molar-refractivity contribution in [1.29, 1.82) is 0 Å². The Kier molecular flexibility index (Phi) is 19.4. The first-order valence-corrected chi connectivity index (χ1v) is 21.4. The smallest absolute Gasteiger partial charge is 0.410 e. The summed E-state index contributed by atoms with van der Waals surface area (Å²) in [7, 11) is 6.53. The molecule has 2 saturated heterocycles. The molecule has 60 heavy (non-hydrogen) atoms. The number of methoxy groups -OCH3 is 4. The lowest BCUT2D eigenvalue weighted by Gasteiger charge is -2.40. The van der Waals surface area contributed by atoms with E-state index < -0.39 is 5.60 Å². The van der Waals surface area contributed by atoms with Gasteiger partial charge in [0.05, 0.1) is 33.5 Å². The molecule has 2 aromatic carbocycles. The van der Waals surface area contributed by atoms with Crippen molar-refractivity contribution in [2.75, 3.05) is 81.0 Å². The van der Waals surface area contributed by atoms with E-state index in [1.807, 2.05) is 43.9 Å². The lowest BCUT2D eigenvalue weighted by molar-refractivity contribution is 0.00956. The molecule has 2 aliphatic heterocycles. The van der Waals surface area contributed by atoms with Crippen molar-refractivity contribution in [3.63, 3.8) is 0 Å². The summed E-state index contributed by atoms with van der Waals surface area (Å²) < 4.78 is 38.2. The fourth-order valence-corrected chi connectivity index (χ4v) is 7.62. The van der Waals surface area contributed by atoms with E-state index in [2.05, 4.69) is 10.2 Å². The predicted octanol–water partition coefficient (Wildman–Crippen LogP) is 7.00. The molecule has 2 atom stereocenters. The maximum Gasteiger partial charge on any atom is 0.410 e. The summed E-state index contributed by atoms with van der Waals surface area (Å²) in [5, 5.41) is 3.42. The van der Waals surface area contributed by atoms with Crippen LogP contribution in [0.25, 0.3) is 0 Å². The van der Waals surface area contributed by atoms with E-state index in [0.717, 1.165) is 77.3 Å². The van der Waals surface area contributed by atoms with Crippen LogP contribution in [0.5, 0.6) is 23.0 Å². The maximum atomic E-state index is 13.6. The largest absolute Gasteiger partial charge is 0.493 e. The highest BCUT2D eigenvalue weighted by molar-refractivity contribution is 5.96. The second-order valence-corrected chi connectivity index (χ2v) is 16.7. The van der Waals surface area contributed by atoms with E-state index >= 15 is 0 Å². The molecule has 2 saturated carbocycles. The summed E-state index contributed by atoms with van der Waals surface area (Å²) in [4.78, 5) is 45.3. The van der Waals surface area contributed by atoms with Crippen LogP contribution >= 0.6 is 12.4 Å². The molecule has 4 fully saturated rings. The monoisotopic (exact) mass is 860 g/mol. The fraction of sp³-hybridized carbons (Fsp3) is 0.667. The summed E-state index contributed by atoms with van der Waals surface area (Å²) in [6, 6.07) is 11.7. The Labute approximate surface area is 363 Å². The Balaban J connectivity index is 0.000000267. The van der Waals surface area contributed by atoms with Crippen molar-refractivity contribution in [2.24, 2.45) is 0 Å². The summed E-state index contributed by atoms with van der Waals surface area (Å²) in [5.74, 6) is 2.48. The number of amides is 3. The lowest BCUT2D eigenvalue weighted by atomic mass is 10.0. The van der Waals surface area contributed by atoms with Crippen LogP contribution in [0, 0.1) is 0 Å². The SMILES string of the molecule is COCCCOc1cc(C(=O)N(C2CC2)[C@@H]2CCCN(C(=O)OC(C)(C)C)C2)ccc1OC.COCCCOc1cc(C(=O)N(C2CC2)[C@@H]2CCCNC2)ccc1OC.Cl. The van der Waals surface area contributed by atoms with Gasteiger partial charge in [-0.2, -0.15) is 0 Å². The van der Waals surface area contributed by atoms with Gasteiger partial charge in [0, 0.05) is 89.2 Å². The molecule has 3 amide bonds. The third kappa shape index (κ3) is 14.3. The molecule has 4 aliphatic rings. The molecule has 0 spiro atoms. The minimum absolute atomic E-state index is 0. The van der Waals surface area contributed by atoms with Crippen LogP contribution in [-0.4, -0.2) is 143 Å². The number of carbonyl (C=O) groups is 3. The molecule has 0 radical (unpaired) electrons. The topological polar surface area (TPSA) is 138 Å². The van der Waals surface area contributed by atoms with Gasteiger partial charge in [-0.15, -0.1) is 12.4 Å². The average Bonchev–Trinajstić information content (AvgIpc) is 4.19. The molecule has 0 aromatic heterocycles. The van der Waals surface area contributed by atoms with Crippen LogP contribution in [0.2, 0.25) is 0 Å². The lowest BCUT2D eigenvalue weighted by Crippen LogP contribution is -2.53. The van der Waals surface area contributed by atoms with Crippen LogP contribution in [0.3, 0.4) is 0 Å². The molecule has 14 nitrogen and oxygen atoms in total. The quantitative estimate of drug-likeness (QED) is 0.155. The van der Waals surface area contributed by atoms with E-state index in [9.17, 15) is 14.4 Å². The second kappa shape index (κ2) is 23.9. The molecule has 0 bridgehead atoms. The first kappa shape index (κ1) is 48.7. The van der Waals surface area contributed by atoms with Gasteiger partial charge in [-0.25, -0.2) is 4.79 Å². The number of carbonyl (C=O) groups excluding carboxylic acids is 3. The van der Waals surface area contributed by atoms with Crippen LogP contribution < -0.4 is 24.3 Å². The number of rotatable bonds is 18. The standard InChI is InChI=1S/C25H38N2O6.C20H30N2O4.ClH/c1-25(2,3)33-24(29)26-13-6-8-20(17-26)27(19-10-11-19)23(28)18-9-12-21(31-5)22(16-18)32-15-7-14-30-4;1-24-11-4-12-26-19-13-15(6-9-18(19)25-2)20(23)22(16-7-8-16)17-5-3-10-21-14-17;/h9,12,16,19-20H,6-8,10-11,13-15,17H2,1-5H3;6,9,13,16-17,21H,3-5,7-8,10-12,14H2,1-2H3;1H/t20-;17-;/m11./s1. The zero-order valence-electron chi connectivity index (χ0n) is 36.8. The summed E-state index contributed by atoms with van der Waals surface area (Å²) >= 11 is 0. The van der Waals surface area contributed by atoms with Crippen LogP contribution in [0.15, 0.2) is 36.4 Å². The van der Waals surface area contributed by atoms with Crippen molar-refractivity contribution in [2.45, 2.75) is 115 Å². The first-order valence-electron chi connectivity index (χ1n) is 21.4. The Bertz CT molecular complexity index is 1660. The molecule has 15 heteroatoms. The van der Waals surface area contributed by atoms with Gasteiger partial charge >= 0.3 is 6.09 Å². The Hall–Kier alpha value is -3.98. The number of halogens is 1. The highest BCUT2D eigenvalue weighted by Crippen LogP contribution is 2.36. The zero-order chi connectivity index (χ0) is 42.4. The number of nitrogens with one attached hydrogen (secondary N) is 1. The molecular weight excluding hydrogens is 792 g/mol. The van der Waals surface area contributed by atoms with Gasteiger partial charge in [0.15, 0.2) is 23.0 Å². The summed E-state index contributed by atoms with van der Waals surface area (Å²) in [6.07, 6.45) is 9.34. The normalized spacial score (nSPS) is 18.8. The number of likely N-dealkylation sites (tertiary alicyclic amines) is 1. The van der Waals surface area contributed by atoms with E-state index in [1.165, 1.54) is 0 Å². The fourth-order valence-electron chi connectivity index (χ4n) is 7.62. The number of hydrogen-bond donors (Lipinski definition) is 1. The second-order valence-electron chi connectivity index (χ2n) is 16.7. The van der Waals surface area contributed by atoms with Crippen molar-refractivity contribution in [3.05, 3.63) is 47.5 Å². The highest BCUT2D eigenvalue weighted by atomic mass is 35.5. The van der Waals surface area contributed by atoms with Gasteiger partial charge in [0.25, 0.3) is 11.8 Å². The van der Waals surface area contributed by atoms with E-state index in [-0.39, 0.29) is 48.4 Å². The van der Waals surface area contributed by atoms with Gasteiger partial charge in [-0.1, -0.05) is 0 Å². The third-order valence-electron chi connectivity index (χ3n) is 10.8. The summed E-state index contributed by atoms with van der Waals surface area (Å²) in [6.45, 7) is 10.9. The molecule has 2 heterocycles. The number of benzene rings is 2.